The van der Waals surface area contributed by atoms with Crippen LogP contribution in [0.3, 0.4) is 0 Å². The average Bonchev–Trinajstić information content (AvgIpc) is 2.47. The number of methoxy groups -OCH3 is 1. The third-order valence-corrected chi connectivity index (χ3v) is 2.93. The van der Waals surface area contributed by atoms with Gasteiger partial charge in [0, 0.05) is 13.5 Å². The number of ether oxygens (including phenoxy) is 1. The Bertz CT molecular complexity index is 284. The highest BCUT2D eigenvalue weighted by Crippen LogP contribution is 2.21. The molecule has 0 saturated carbocycles. The van der Waals surface area contributed by atoms with E-state index in [0.717, 1.165) is 22.0 Å². The molecule has 1 aromatic rings. The minimum absolute atomic E-state index is 0.0639. The highest BCUT2D eigenvalue weighted by atomic mass is 32.1. The molecule has 80 valence electrons. The molecule has 1 heterocycles. The molecule has 0 aliphatic rings. The number of aliphatic hydroxyl groups excluding tert-OH is 1. The lowest BCUT2D eigenvalue weighted by molar-refractivity contribution is 0.178. The monoisotopic (exact) mass is 215 g/mol. The summed E-state index contributed by atoms with van der Waals surface area (Å²) in [6, 6.07) is 0. The van der Waals surface area contributed by atoms with Crippen LogP contribution >= 0.6 is 11.3 Å². The Morgan fingerprint density at radius 1 is 1.50 bits per heavy atom. The van der Waals surface area contributed by atoms with Gasteiger partial charge in [-0.3, -0.25) is 0 Å². The largest absolute Gasteiger partial charge is 0.391 e. The second kappa shape index (κ2) is 5.44. The summed E-state index contributed by atoms with van der Waals surface area (Å²) in [5.74, 6) is 0.600. The normalized spacial score (nSPS) is 11.2. The van der Waals surface area contributed by atoms with Crippen molar-refractivity contribution in [3.05, 3.63) is 15.6 Å². The molecule has 14 heavy (non-hydrogen) atoms. The van der Waals surface area contributed by atoms with Gasteiger partial charge in [-0.15, -0.1) is 11.3 Å². The van der Waals surface area contributed by atoms with Crippen molar-refractivity contribution in [1.29, 1.82) is 0 Å². The molecule has 0 aliphatic carbocycles. The van der Waals surface area contributed by atoms with E-state index in [4.69, 9.17) is 9.84 Å². The Kier molecular flexibility index (Phi) is 4.51. The SMILES string of the molecule is COCc1nc(CC(C)C)sc1CO. The first-order valence-corrected chi connectivity index (χ1v) is 5.56. The minimum Gasteiger partial charge on any atom is -0.391 e. The van der Waals surface area contributed by atoms with E-state index >= 15 is 0 Å². The third kappa shape index (κ3) is 3.04. The van der Waals surface area contributed by atoms with Gasteiger partial charge in [0.25, 0.3) is 0 Å². The zero-order valence-electron chi connectivity index (χ0n) is 8.91. The fourth-order valence-corrected chi connectivity index (χ4v) is 2.39. The van der Waals surface area contributed by atoms with Gasteiger partial charge in [0.05, 0.1) is 28.8 Å². The van der Waals surface area contributed by atoms with Gasteiger partial charge in [-0.05, 0) is 5.92 Å². The molecular formula is C10H17NO2S. The number of aromatic nitrogens is 1. The van der Waals surface area contributed by atoms with E-state index in [0.29, 0.717) is 12.5 Å². The zero-order chi connectivity index (χ0) is 10.6. The standard InChI is InChI=1S/C10H17NO2S/c1-7(2)4-10-11-8(6-13-3)9(5-12)14-10/h7,12H,4-6H2,1-3H3. The number of hydrogen-bond acceptors (Lipinski definition) is 4. The van der Waals surface area contributed by atoms with Gasteiger partial charge >= 0.3 is 0 Å². The van der Waals surface area contributed by atoms with Crippen molar-refractivity contribution < 1.29 is 9.84 Å². The molecule has 1 N–H and O–H groups in total. The summed E-state index contributed by atoms with van der Waals surface area (Å²) in [6.07, 6.45) is 0.974. The fraction of sp³-hybridized carbons (Fsp3) is 0.700. The van der Waals surface area contributed by atoms with E-state index in [9.17, 15) is 0 Å². The summed E-state index contributed by atoms with van der Waals surface area (Å²) in [7, 11) is 1.64. The van der Waals surface area contributed by atoms with Gasteiger partial charge in [-0.2, -0.15) is 0 Å². The van der Waals surface area contributed by atoms with Crippen molar-refractivity contribution in [2.45, 2.75) is 33.5 Å². The Balaban J connectivity index is 2.77. The van der Waals surface area contributed by atoms with Gasteiger partial charge in [0.1, 0.15) is 0 Å². The summed E-state index contributed by atoms with van der Waals surface area (Å²) < 4.78 is 5.02. The smallest absolute Gasteiger partial charge is 0.0935 e. The van der Waals surface area contributed by atoms with Gasteiger partial charge in [0.2, 0.25) is 0 Å². The van der Waals surface area contributed by atoms with Gasteiger partial charge in [-0.25, -0.2) is 4.98 Å². The second-order valence-corrected chi connectivity index (χ2v) is 4.83. The molecule has 0 saturated heterocycles. The zero-order valence-corrected chi connectivity index (χ0v) is 9.73. The first-order chi connectivity index (χ1) is 6.67. The molecule has 0 aliphatic heterocycles. The van der Waals surface area contributed by atoms with Crippen molar-refractivity contribution in [3.8, 4) is 0 Å². The first-order valence-electron chi connectivity index (χ1n) is 4.74. The lowest BCUT2D eigenvalue weighted by atomic mass is 10.1. The van der Waals surface area contributed by atoms with Crippen LogP contribution in [0.5, 0.6) is 0 Å². The van der Waals surface area contributed by atoms with Crippen LogP contribution in [-0.2, 0) is 24.4 Å². The summed E-state index contributed by atoms with van der Waals surface area (Å²) in [5, 5.41) is 10.2. The van der Waals surface area contributed by atoms with Crippen molar-refractivity contribution in [2.24, 2.45) is 5.92 Å². The van der Waals surface area contributed by atoms with Crippen molar-refractivity contribution in [3.63, 3.8) is 0 Å². The first kappa shape index (κ1) is 11.6. The molecular weight excluding hydrogens is 198 g/mol. The third-order valence-electron chi connectivity index (χ3n) is 1.83. The Morgan fingerprint density at radius 3 is 2.71 bits per heavy atom. The lowest BCUT2D eigenvalue weighted by Crippen LogP contribution is -1.95. The Labute approximate surface area is 88.8 Å². The molecule has 0 spiro atoms. The highest BCUT2D eigenvalue weighted by molar-refractivity contribution is 7.11. The molecule has 1 aromatic heterocycles. The van der Waals surface area contributed by atoms with Crippen LogP contribution in [0.25, 0.3) is 0 Å². The highest BCUT2D eigenvalue weighted by Gasteiger charge is 2.10. The molecule has 0 unspecified atom stereocenters. The van der Waals surface area contributed by atoms with Gasteiger partial charge < -0.3 is 9.84 Å². The van der Waals surface area contributed by atoms with E-state index in [2.05, 4.69) is 18.8 Å². The molecule has 4 heteroatoms. The predicted octanol–water partition coefficient (Wildman–Crippen LogP) is 1.98. The van der Waals surface area contributed by atoms with E-state index < -0.39 is 0 Å². The summed E-state index contributed by atoms with van der Waals surface area (Å²) in [6.45, 7) is 4.88. The van der Waals surface area contributed by atoms with Crippen LogP contribution in [-0.4, -0.2) is 17.2 Å². The second-order valence-electron chi connectivity index (χ2n) is 3.67. The maximum absolute atomic E-state index is 9.11. The Morgan fingerprint density at radius 2 is 2.21 bits per heavy atom. The van der Waals surface area contributed by atoms with Crippen molar-refractivity contribution in [2.75, 3.05) is 7.11 Å². The molecule has 0 radical (unpaired) electrons. The maximum atomic E-state index is 9.11. The lowest BCUT2D eigenvalue weighted by Gasteiger charge is -1.98. The Hall–Kier alpha value is -0.450. The van der Waals surface area contributed by atoms with E-state index in [1.165, 1.54) is 0 Å². The van der Waals surface area contributed by atoms with E-state index in [1.54, 1.807) is 18.4 Å². The molecule has 1 rings (SSSR count). The molecule has 3 nitrogen and oxygen atoms in total. The molecule has 0 aromatic carbocycles. The molecule has 0 bridgehead atoms. The van der Waals surface area contributed by atoms with Crippen LogP contribution in [0, 0.1) is 5.92 Å². The topological polar surface area (TPSA) is 42.4 Å². The predicted molar refractivity (Wildman–Crippen MR) is 57.3 cm³/mol. The fourth-order valence-electron chi connectivity index (χ4n) is 1.25. The minimum atomic E-state index is 0.0639. The van der Waals surface area contributed by atoms with Gasteiger partial charge in [-0.1, -0.05) is 13.8 Å². The summed E-state index contributed by atoms with van der Waals surface area (Å²) in [4.78, 5) is 5.38. The number of nitrogens with zero attached hydrogens (tertiary/aromatic N) is 1. The van der Waals surface area contributed by atoms with E-state index in [1.807, 2.05) is 0 Å². The number of thiazole rings is 1. The maximum Gasteiger partial charge on any atom is 0.0935 e. The number of hydrogen-bond donors (Lipinski definition) is 1. The summed E-state index contributed by atoms with van der Waals surface area (Å²) >= 11 is 1.59. The van der Waals surface area contributed by atoms with Crippen LogP contribution in [0.1, 0.15) is 29.4 Å². The van der Waals surface area contributed by atoms with Crippen LogP contribution in [0.2, 0.25) is 0 Å². The number of aliphatic hydroxyl groups is 1. The van der Waals surface area contributed by atoms with Crippen LogP contribution in [0.4, 0.5) is 0 Å². The average molecular weight is 215 g/mol. The van der Waals surface area contributed by atoms with Crippen LogP contribution in [0.15, 0.2) is 0 Å². The number of rotatable bonds is 5. The van der Waals surface area contributed by atoms with E-state index in [-0.39, 0.29) is 6.61 Å². The molecule has 0 fully saturated rings. The quantitative estimate of drug-likeness (QED) is 0.816. The molecule has 0 amide bonds. The van der Waals surface area contributed by atoms with Crippen LogP contribution < -0.4 is 0 Å². The summed E-state index contributed by atoms with van der Waals surface area (Å²) in [5.41, 5.74) is 0.885. The van der Waals surface area contributed by atoms with Crippen molar-refractivity contribution in [1.82, 2.24) is 4.98 Å². The molecule has 0 atom stereocenters. The van der Waals surface area contributed by atoms with Crippen molar-refractivity contribution >= 4 is 11.3 Å². The van der Waals surface area contributed by atoms with Gasteiger partial charge in [0.15, 0.2) is 0 Å².